The van der Waals surface area contributed by atoms with Crippen LogP contribution >= 0.6 is 0 Å². The molecule has 11 heteroatoms. The number of hydrogen-bond donors (Lipinski definition) is 4. The fourth-order valence-electron chi connectivity index (χ4n) is 5.65. The van der Waals surface area contributed by atoms with E-state index in [0.29, 0.717) is 41.6 Å². The molecule has 11 nitrogen and oxygen atoms in total. The van der Waals surface area contributed by atoms with E-state index in [1.54, 1.807) is 20.3 Å². The van der Waals surface area contributed by atoms with Crippen LogP contribution in [0.4, 0.5) is 0 Å². The lowest BCUT2D eigenvalue weighted by molar-refractivity contribution is -0.271. The van der Waals surface area contributed by atoms with Gasteiger partial charge in [0.2, 0.25) is 12.0 Å². The highest BCUT2D eigenvalue weighted by Gasteiger charge is 2.49. The van der Waals surface area contributed by atoms with Crippen LogP contribution in [0, 0.1) is 0 Å². The van der Waals surface area contributed by atoms with Crippen LogP contribution in [0.3, 0.4) is 0 Å². The van der Waals surface area contributed by atoms with Gasteiger partial charge in [-0.3, -0.25) is 0 Å². The van der Waals surface area contributed by atoms with Gasteiger partial charge in [0.1, 0.15) is 35.9 Å². The summed E-state index contributed by atoms with van der Waals surface area (Å²) in [5.74, 6) is 0.793. The summed E-state index contributed by atoms with van der Waals surface area (Å²) in [5, 5.41) is 40.4. The average molecular weight is 567 g/mol. The third-order valence-corrected chi connectivity index (χ3v) is 7.75. The molecule has 3 aliphatic heterocycles. The standard InChI is InChI=1S/C30H30O11/c1-36-19-9-8-16-18-13-38-21-12-20(39-30-24(33)22(31)23(32)28(41-30)29(34)35)15(10-14-6-4-3-5-7-14)11-17(21)25(18)40-26(16)27(19)37-2/h3-9,11-12,18,22-25,28,30-33H,10,13H2,1-2H3,(H,34,35)/t18-,22-,23-,24+,25+,28-,30-/m0/s1. The van der Waals surface area contributed by atoms with E-state index in [1.165, 1.54) is 0 Å². The van der Waals surface area contributed by atoms with Crippen LogP contribution in [0.1, 0.15) is 34.3 Å². The van der Waals surface area contributed by atoms with E-state index in [4.69, 9.17) is 28.4 Å². The lowest BCUT2D eigenvalue weighted by atomic mass is 9.87. The van der Waals surface area contributed by atoms with Gasteiger partial charge in [0.15, 0.2) is 17.6 Å². The first kappa shape index (κ1) is 27.2. The summed E-state index contributed by atoms with van der Waals surface area (Å²) in [6.07, 6.45) is -8.65. The molecule has 1 fully saturated rings. The van der Waals surface area contributed by atoms with Crippen LogP contribution in [-0.2, 0) is 16.0 Å². The number of aliphatic carboxylic acids is 1. The maximum atomic E-state index is 11.6. The Morgan fingerprint density at radius 1 is 0.927 bits per heavy atom. The zero-order chi connectivity index (χ0) is 28.8. The zero-order valence-electron chi connectivity index (χ0n) is 22.3. The fraction of sp³-hybridized carbons (Fsp3) is 0.367. The molecule has 41 heavy (non-hydrogen) atoms. The van der Waals surface area contributed by atoms with Crippen molar-refractivity contribution in [1.29, 1.82) is 0 Å². The number of carboxylic acid groups (broad SMARTS) is 1. The molecule has 0 saturated carbocycles. The van der Waals surface area contributed by atoms with Crippen LogP contribution < -0.4 is 23.7 Å². The Balaban J connectivity index is 1.38. The molecule has 0 aromatic heterocycles. The number of methoxy groups -OCH3 is 2. The van der Waals surface area contributed by atoms with Gasteiger partial charge in [0.25, 0.3) is 0 Å². The number of fused-ring (bicyclic) bond motifs is 5. The van der Waals surface area contributed by atoms with Crippen LogP contribution in [0.15, 0.2) is 54.6 Å². The number of aliphatic hydroxyl groups is 3. The summed E-state index contributed by atoms with van der Waals surface area (Å²) in [6, 6.07) is 17.0. The Morgan fingerprint density at radius 3 is 2.41 bits per heavy atom. The zero-order valence-corrected chi connectivity index (χ0v) is 22.3. The van der Waals surface area contributed by atoms with Crippen LogP contribution in [-0.4, -0.2) is 77.9 Å². The van der Waals surface area contributed by atoms with Gasteiger partial charge in [-0.1, -0.05) is 36.4 Å². The van der Waals surface area contributed by atoms with Crippen molar-refractivity contribution in [2.24, 2.45) is 0 Å². The van der Waals surface area contributed by atoms with Crippen molar-refractivity contribution in [3.63, 3.8) is 0 Å². The van der Waals surface area contributed by atoms with Crippen molar-refractivity contribution in [2.75, 3.05) is 20.8 Å². The molecule has 0 radical (unpaired) electrons. The van der Waals surface area contributed by atoms with Crippen molar-refractivity contribution in [2.45, 2.75) is 49.1 Å². The summed E-state index contributed by atoms with van der Waals surface area (Å²) in [7, 11) is 3.12. The van der Waals surface area contributed by atoms with Crippen molar-refractivity contribution in [1.82, 2.24) is 0 Å². The highest BCUT2D eigenvalue weighted by Crippen LogP contribution is 2.56. The van der Waals surface area contributed by atoms with E-state index in [2.05, 4.69) is 0 Å². The van der Waals surface area contributed by atoms with Gasteiger partial charge in [-0.2, -0.15) is 0 Å². The van der Waals surface area contributed by atoms with Gasteiger partial charge in [-0.15, -0.1) is 0 Å². The summed E-state index contributed by atoms with van der Waals surface area (Å²) in [4.78, 5) is 11.6. The molecule has 216 valence electrons. The highest BCUT2D eigenvalue weighted by molar-refractivity contribution is 5.73. The smallest absolute Gasteiger partial charge is 0.335 e. The van der Waals surface area contributed by atoms with Crippen LogP contribution in [0.2, 0.25) is 0 Å². The normalized spacial score (nSPS) is 27.9. The predicted octanol–water partition coefficient (Wildman–Crippen LogP) is 2.18. The quantitative estimate of drug-likeness (QED) is 0.333. The van der Waals surface area contributed by atoms with E-state index in [-0.39, 0.29) is 17.8 Å². The molecule has 3 aliphatic rings. The molecule has 0 unspecified atom stereocenters. The molecule has 3 heterocycles. The molecule has 0 bridgehead atoms. The minimum absolute atomic E-state index is 0.106. The average Bonchev–Trinajstić information content (AvgIpc) is 3.36. The molecular weight excluding hydrogens is 536 g/mol. The predicted molar refractivity (Wildman–Crippen MR) is 142 cm³/mol. The molecule has 6 rings (SSSR count). The number of rotatable bonds is 7. The minimum Gasteiger partial charge on any atom is -0.493 e. The lowest BCUT2D eigenvalue weighted by Crippen LogP contribution is -2.61. The van der Waals surface area contributed by atoms with Gasteiger partial charge in [0, 0.05) is 23.6 Å². The molecular formula is C30H30O11. The SMILES string of the molecule is COc1ccc2c(c1OC)O[C@@H]1c3cc(Cc4ccccc4)c(O[C@H]4O[C@H](C(=O)O)[C@@H](O)[C@H](O)[C@H]4O)cc3OC[C@@H]21. The Morgan fingerprint density at radius 2 is 1.71 bits per heavy atom. The Hall–Kier alpha value is -4.03. The second-order valence-electron chi connectivity index (χ2n) is 10.2. The van der Waals surface area contributed by atoms with Crippen molar-refractivity contribution in [3.05, 3.63) is 76.9 Å². The van der Waals surface area contributed by atoms with Crippen LogP contribution in [0.5, 0.6) is 28.7 Å². The second kappa shape index (κ2) is 10.7. The molecule has 0 aliphatic carbocycles. The van der Waals surface area contributed by atoms with Crippen molar-refractivity contribution < 1.29 is 53.6 Å². The molecule has 4 N–H and O–H groups in total. The Bertz CT molecular complexity index is 1440. The van der Waals surface area contributed by atoms with Gasteiger partial charge in [0.05, 0.1) is 26.7 Å². The van der Waals surface area contributed by atoms with E-state index < -0.39 is 36.7 Å². The first-order valence-electron chi connectivity index (χ1n) is 13.1. The summed E-state index contributed by atoms with van der Waals surface area (Å²) >= 11 is 0. The van der Waals surface area contributed by atoms with Crippen molar-refractivity contribution >= 4 is 5.97 Å². The van der Waals surface area contributed by atoms with Crippen molar-refractivity contribution in [3.8, 4) is 28.7 Å². The topological polar surface area (TPSA) is 153 Å². The number of aliphatic hydroxyl groups excluding tert-OH is 3. The third-order valence-electron chi connectivity index (χ3n) is 7.75. The molecule has 0 amide bonds. The van der Waals surface area contributed by atoms with E-state index in [1.807, 2.05) is 48.5 Å². The Kier molecular flexibility index (Phi) is 7.12. The van der Waals surface area contributed by atoms with E-state index >= 15 is 0 Å². The van der Waals surface area contributed by atoms with Gasteiger partial charge < -0.3 is 48.8 Å². The summed E-state index contributed by atoms with van der Waals surface area (Å²) < 4.78 is 35.1. The van der Waals surface area contributed by atoms with E-state index in [9.17, 15) is 25.2 Å². The minimum atomic E-state index is -1.83. The maximum Gasteiger partial charge on any atom is 0.335 e. The second-order valence-corrected chi connectivity index (χ2v) is 10.2. The molecule has 3 aromatic carbocycles. The highest BCUT2D eigenvalue weighted by atomic mass is 16.7. The molecule has 0 spiro atoms. The number of ether oxygens (including phenoxy) is 6. The maximum absolute atomic E-state index is 11.6. The van der Waals surface area contributed by atoms with Gasteiger partial charge >= 0.3 is 5.97 Å². The lowest BCUT2D eigenvalue weighted by Gasteiger charge is -2.39. The molecule has 7 atom stereocenters. The fourth-order valence-corrected chi connectivity index (χ4v) is 5.65. The van der Waals surface area contributed by atoms with E-state index in [0.717, 1.165) is 16.7 Å². The first-order valence-corrected chi connectivity index (χ1v) is 13.1. The third kappa shape index (κ3) is 4.70. The first-order chi connectivity index (χ1) is 19.8. The Labute approximate surface area is 235 Å². The van der Waals surface area contributed by atoms with Crippen LogP contribution in [0.25, 0.3) is 0 Å². The number of hydrogen-bond acceptors (Lipinski definition) is 10. The number of benzene rings is 3. The number of carbonyl (C=O) groups is 1. The number of carboxylic acids is 1. The summed E-state index contributed by atoms with van der Waals surface area (Å²) in [6.45, 7) is 0.312. The molecule has 3 aromatic rings. The van der Waals surface area contributed by atoms with Gasteiger partial charge in [-0.05, 0) is 23.3 Å². The molecule has 1 saturated heterocycles. The largest absolute Gasteiger partial charge is 0.493 e. The monoisotopic (exact) mass is 566 g/mol. The van der Waals surface area contributed by atoms with Gasteiger partial charge in [-0.25, -0.2) is 4.79 Å². The summed E-state index contributed by atoms with van der Waals surface area (Å²) in [5.41, 5.74) is 3.37.